The second-order valence-corrected chi connectivity index (χ2v) is 16.0. The number of Topliss-reactive ketones (excluding diaryl/α,β-unsaturated/α-hetero) is 2. The number of alkyl halides is 3. The lowest BCUT2D eigenvalue weighted by Gasteiger charge is -2.44. The number of ketones is 2. The molecule has 2 aliphatic rings. The Bertz CT molecular complexity index is 1290. The summed E-state index contributed by atoms with van der Waals surface area (Å²) in [6, 6.07) is -0.860. The van der Waals surface area contributed by atoms with Gasteiger partial charge < -0.3 is 27.0 Å². The van der Waals surface area contributed by atoms with Crippen LogP contribution in [0, 0.1) is 35.5 Å². The predicted octanol–water partition coefficient (Wildman–Crippen LogP) is 6.97. The van der Waals surface area contributed by atoms with E-state index in [-0.39, 0.29) is 59.8 Å². The van der Waals surface area contributed by atoms with Gasteiger partial charge in [0, 0.05) is 73.0 Å². The Morgan fingerprint density at radius 2 is 1.65 bits per heavy atom. The molecule has 2 rings (SSSR count). The second-order valence-electron chi connectivity index (χ2n) is 16.0. The van der Waals surface area contributed by atoms with Crippen molar-refractivity contribution in [2.75, 3.05) is 20.1 Å². The fraction of sp³-hybridized carbons (Fsp3) is 0.725. The summed E-state index contributed by atoms with van der Waals surface area (Å²) in [5.74, 6) is -1.77. The lowest BCUT2D eigenvalue weighted by molar-refractivity contribution is -0.138. The molecular weight excluding hydrogens is 655 g/mol. The Hall–Kier alpha value is -2.92. The zero-order valence-electron chi connectivity index (χ0n) is 32.3. The molecule has 6 N–H and O–H groups in total. The number of nitrogens with one attached hydrogen (secondary N) is 2. The van der Waals surface area contributed by atoms with Crippen molar-refractivity contribution in [1.29, 1.82) is 0 Å². The van der Waals surface area contributed by atoms with Gasteiger partial charge in [-0.15, -0.1) is 6.58 Å². The minimum atomic E-state index is -4.41. The molecule has 0 aromatic carbocycles. The molecule has 1 saturated carbocycles. The summed E-state index contributed by atoms with van der Waals surface area (Å²) in [7, 11) is 2.00. The van der Waals surface area contributed by atoms with Crippen LogP contribution in [0.3, 0.4) is 0 Å². The van der Waals surface area contributed by atoms with Crippen molar-refractivity contribution in [3.05, 3.63) is 48.4 Å². The highest BCUT2D eigenvalue weighted by molar-refractivity contribution is 6.04. The van der Waals surface area contributed by atoms with Gasteiger partial charge in [-0.1, -0.05) is 80.0 Å². The van der Waals surface area contributed by atoms with E-state index >= 15 is 0 Å². The topological polar surface area (TPSA) is 131 Å². The molecule has 0 heterocycles. The minimum Gasteiger partial charge on any atom is -0.382 e. The van der Waals surface area contributed by atoms with Gasteiger partial charge in [-0.3, -0.25) is 14.4 Å². The van der Waals surface area contributed by atoms with Crippen LogP contribution >= 0.6 is 0 Å². The van der Waals surface area contributed by atoms with Gasteiger partial charge in [-0.05, 0) is 55.8 Å². The molecule has 290 valence electrons. The third-order valence-electron chi connectivity index (χ3n) is 11.0. The number of hydrogen-bond acceptors (Lipinski definition) is 7. The van der Waals surface area contributed by atoms with Gasteiger partial charge in [0.2, 0.25) is 5.91 Å². The molecule has 5 unspecified atom stereocenters. The molecule has 0 bridgehead atoms. The number of allylic oxidation sites excluding steroid dienone is 2. The van der Waals surface area contributed by atoms with Crippen LogP contribution < -0.4 is 22.1 Å². The minimum absolute atomic E-state index is 0.0107. The van der Waals surface area contributed by atoms with Gasteiger partial charge in [0.25, 0.3) is 0 Å². The van der Waals surface area contributed by atoms with E-state index in [1.165, 1.54) is 6.08 Å². The van der Waals surface area contributed by atoms with Gasteiger partial charge in [0.15, 0.2) is 11.6 Å². The largest absolute Gasteiger partial charge is 0.389 e. The molecule has 6 atom stereocenters. The maximum absolute atomic E-state index is 14.6. The third kappa shape index (κ3) is 12.1. The number of rotatable bonds is 22. The van der Waals surface area contributed by atoms with Crippen molar-refractivity contribution in [1.82, 2.24) is 15.5 Å². The number of carbonyl (C=O) groups excluding carboxylic acids is 3. The predicted molar refractivity (Wildman–Crippen MR) is 200 cm³/mol. The highest BCUT2D eigenvalue weighted by Gasteiger charge is 2.47. The van der Waals surface area contributed by atoms with Crippen LogP contribution in [0.4, 0.5) is 13.2 Å². The first-order valence-corrected chi connectivity index (χ1v) is 18.8. The monoisotopic (exact) mass is 722 g/mol. The van der Waals surface area contributed by atoms with Crippen molar-refractivity contribution in [2.24, 2.45) is 47.0 Å². The number of carbonyl (C=O) groups is 3. The molecule has 0 aliphatic heterocycles. The molecule has 1 fully saturated rings. The van der Waals surface area contributed by atoms with Gasteiger partial charge in [0.1, 0.15) is 5.54 Å². The highest BCUT2D eigenvalue weighted by Crippen LogP contribution is 2.39. The second kappa shape index (κ2) is 19.2. The van der Waals surface area contributed by atoms with E-state index in [9.17, 15) is 27.6 Å². The SMILES string of the molecule is C=CCNC(=O)C(=C)C(CCC(F)(F)F)C(N)C[C@@H](C)CC(C)C(=O)C(N)(C(=C)NC(CN(C)C1=C(C(C)C)C(=O)C1)C(C)C)C1CCCCC1. The summed E-state index contributed by atoms with van der Waals surface area (Å²) in [5, 5.41) is 6.18. The molecule has 2 aliphatic carbocycles. The van der Waals surface area contributed by atoms with E-state index in [0.29, 0.717) is 31.5 Å². The molecular formula is C40H66F3N5O3. The Morgan fingerprint density at radius 3 is 2.16 bits per heavy atom. The van der Waals surface area contributed by atoms with Crippen LogP contribution in [-0.4, -0.2) is 66.3 Å². The lowest BCUT2D eigenvalue weighted by atomic mass is 9.67. The van der Waals surface area contributed by atoms with Gasteiger partial charge >= 0.3 is 6.18 Å². The average molecular weight is 722 g/mol. The van der Waals surface area contributed by atoms with E-state index in [2.05, 4.69) is 49.1 Å². The molecule has 8 nitrogen and oxygen atoms in total. The fourth-order valence-electron chi connectivity index (χ4n) is 7.97. The molecule has 0 aromatic rings. The van der Waals surface area contributed by atoms with E-state index in [0.717, 1.165) is 43.4 Å². The summed E-state index contributed by atoms with van der Waals surface area (Å²) < 4.78 is 39.7. The zero-order valence-corrected chi connectivity index (χ0v) is 32.3. The lowest BCUT2D eigenvalue weighted by Crippen LogP contribution is -2.62. The summed E-state index contributed by atoms with van der Waals surface area (Å²) in [4.78, 5) is 41.6. The number of amides is 1. The molecule has 51 heavy (non-hydrogen) atoms. The molecule has 0 radical (unpaired) electrons. The van der Waals surface area contributed by atoms with Crippen LogP contribution in [0.5, 0.6) is 0 Å². The van der Waals surface area contributed by atoms with Crippen molar-refractivity contribution >= 4 is 17.5 Å². The summed E-state index contributed by atoms with van der Waals surface area (Å²) in [6.45, 7) is 24.6. The number of nitrogens with two attached hydrogens (primary N) is 2. The van der Waals surface area contributed by atoms with Gasteiger partial charge in [-0.25, -0.2) is 0 Å². The Morgan fingerprint density at radius 1 is 1.04 bits per heavy atom. The first-order chi connectivity index (χ1) is 23.6. The zero-order chi connectivity index (χ0) is 38.8. The fourth-order valence-corrected chi connectivity index (χ4v) is 7.97. The number of halogens is 3. The van der Waals surface area contributed by atoms with Gasteiger partial charge in [-0.2, -0.15) is 13.2 Å². The van der Waals surface area contributed by atoms with E-state index < -0.39 is 41.9 Å². The standard InChI is InChI=1S/C40H66F3N5O3/c1-11-19-46-38(51)28(8)31(17-18-39(41,42)43)32(44)21-26(6)20-27(7)37(50)40(45,30-15-13-12-14-16-30)29(9)47-33(24(2)3)23-48(10)34-22-35(49)36(34)25(4)5/h11,24-27,30-33,47H,1,8-9,12-23,44-45H2,2-7,10H3,(H,46,51)/t26-,27?,31?,32?,33?,40?/m0/s1. The van der Waals surface area contributed by atoms with Crippen LogP contribution in [0.1, 0.15) is 106 Å². The average Bonchev–Trinajstić information content (AvgIpc) is 3.03. The van der Waals surface area contributed by atoms with Gasteiger partial charge in [0.05, 0.1) is 6.42 Å². The maximum Gasteiger partial charge on any atom is 0.389 e. The molecule has 0 aromatic heterocycles. The number of likely N-dealkylation sites (N-methyl/N-ethyl adjacent to an activating group) is 1. The smallest absolute Gasteiger partial charge is 0.382 e. The molecule has 0 saturated heterocycles. The molecule has 1 amide bonds. The Labute approximate surface area is 305 Å². The molecule has 0 spiro atoms. The summed E-state index contributed by atoms with van der Waals surface area (Å²) in [6.07, 6.45) is 1.43. The maximum atomic E-state index is 14.6. The highest BCUT2D eigenvalue weighted by atomic mass is 19.4. The normalized spacial score (nSPS) is 19.8. The Kier molecular flexibility index (Phi) is 16.7. The van der Waals surface area contributed by atoms with Crippen molar-refractivity contribution in [2.45, 2.75) is 130 Å². The quantitative estimate of drug-likeness (QED) is 0.0702. The van der Waals surface area contributed by atoms with Crippen LogP contribution in [0.25, 0.3) is 0 Å². The van der Waals surface area contributed by atoms with Crippen LogP contribution in [0.15, 0.2) is 48.4 Å². The first-order valence-electron chi connectivity index (χ1n) is 18.8. The molecule has 11 heteroatoms. The van der Waals surface area contributed by atoms with E-state index in [1.807, 2.05) is 34.7 Å². The van der Waals surface area contributed by atoms with E-state index in [1.54, 1.807) is 0 Å². The van der Waals surface area contributed by atoms with Crippen molar-refractivity contribution in [3.8, 4) is 0 Å². The number of nitrogens with zero attached hydrogens (tertiary/aromatic N) is 1. The third-order valence-corrected chi connectivity index (χ3v) is 11.0. The summed E-state index contributed by atoms with van der Waals surface area (Å²) >= 11 is 0. The first kappa shape index (κ1) is 44.2. The van der Waals surface area contributed by atoms with Crippen LogP contribution in [-0.2, 0) is 14.4 Å². The van der Waals surface area contributed by atoms with Crippen LogP contribution in [0.2, 0.25) is 0 Å². The summed E-state index contributed by atoms with van der Waals surface area (Å²) in [5.41, 5.74) is 14.9. The van der Waals surface area contributed by atoms with E-state index in [4.69, 9.17) is 11.5 Å². The Balaban J connectivity index is 2.26. The van der Waals surface area contributed by atoms with Crippen molar-refractivity contribution < 1.29 is 27.6 Å². The number of hydrogen-bond donors (Lipinski definition) is 4. The van der Waals surface area contributed by atoms with Crippen molar-refractivity contribution in [3.63, 3.8) is 0 Å².